The summed E-state index contributed by atoms with van der Waals surface area (Å²) in [5, 5.41) is 4.85. The molecule has 5 N–H and O–H groups in total. The molecule has 1 aromatic heterocycles. The number of hydrogen-bond acceptors (Lipinski definition) is 6. The van der Waals surface area contributed by atoms with Crippen LogP contribution in [0.25, 0.3) is 11.1 Å². The van der Waals surface area contributed by atoms with Gasteiger partial charge < -0.3 is 26.1 Å². The number of likely N-dealkylation sites (tertiary alicyclic amines) is 1. The topological polar surface area (TPSA) is 147 Å². The minimum absolute atomic E-state index is 0.0326. The van der Waals surface area contributed by atoms with Crippen molar-refractivity contribution < 1.29 is 36.7 Å². The first-order valence-corrected chi connectivity index (χ1v) is 13.8. The van der Waals surface area contributed by atoms with Gasteiger partial charge in [0.15, 0.2) is 0 Å². The fourth-order valence-corrected chi connectivity index (χ4v) is 5.02. The number of H-pyrrole nitrogens is 1. The number of ether oxygens (including phenoxy) is 1. The maximum Gasteiger partial charge on any atom is 0.416 e. The van der Waals surface area contributed by atoms with Crippen molar-refractivity contribution in [1.29, 1.82) is 0 Å². The smallest absolute Gasteiger partial charge is 0.416 e. The van der Waals surface area contributed by atoms with Gasteiger partial charge in [0.05, 0.1) is 24.6 Å². The molecule has 234 valence electrons. The largest absolute Gasteiger partial charge is 0.493 e. The number of rotatable bonds is 11. The average molecular weight is 618 g/mol. The maximum absolute atomic E-state index is 15.0. The molecule has 4 rings (SSSR count). The Kier molecular flexibility index (Phi) is 10.0. The molecule has 0 saturated carbocycles. The molecule has 3 amide bonds. The molecule has 0 unspecified atom stereocenters. The lowest BCUT2D eigenvalue weighted by molar-refractivity contribution is -0.137. The molecule has 1 atom stereocenters. The van der Waals surface area contributed by atoms with Gasteiger partial charge in [-0.25, -0.2) is 4.39 Å². The van der Waals surface area contributed by atoms with Gasteiger partial charge in [-0.15, -0.1) is 0 Å². The van der Waals surface area contributed by atoms with E-state index in [1.165, 1.54) is 24.4 Å². The van der Waals surface area contributed by atoms with E-state index >= 15 is 0 Å². The number of carbonyl (C=O) groups is 3. The van der Waals surface area contributed by atoms with Crippen LogP contribution < -0.4 is 26.7 Å². The highest BCUT2D eigenvalue weighted by molar-refractivity contribution is 5.98. The number of pyridine rings is 1. The monoisotopic (exact) mass is 617 g/mol. The van der Waals surface area contributed by atoms with Crippen LogP contribution in [0.4, 0.5) is 23.2 Å². The van der Waals surface area contributed by atoms with E-state index in [0.29, 0.717) is 36.2 Å². The van der Waals surface area contributed by atoms with E-state index in [4.69, 9.17) is 10.5 Å². The van der Waals surface area contributed by atoms with Gasteiger partial charge in [-0.3, -0.25) is 24.1 Å². The van der Waals surface area contributed by atoms with Crippen molar-refractivity contribution in [3.8, 4) is 16.9 Å². The number of carbonyl (C=O) groups excluding carboxylic acids is 3. The second-order valence-electron chi connectivity index (χ2n) is 10.2. The Balaban J connectivity index is 1.46. The normalized spacial score (nSPS) is 15.2. The molecule has 1 aliphatic rings. The summed E-state index contributed by atoms with van der Waals surface area (Å²) in [6.07, 6.45) is -2.59. The Morgan fingerprint density at radius 2 is 1.91 bits per heavy atom. The number of nitrogens with one attached hydrogen (secondary N) is 3. The van der Waals surface area contributed by atoms with Crippen molar-refractivity contribution in [1.82, 2.24) is 15.2 Å². The molecule has 3 aromatic rings. The zero-order valence-corrected chi connectivity index (χ0v) is 23.7. The van der Waals surface area contributed by atoms with Gasteiger partial charge in [0.25, 0.3) is 11.5 Å². The minimum atomic E-state index is -4.82. The van der Waals surface area contributed by atoms with E-state index in [-0.39, 0.29) is 42.3 Å². The van der Waals surface area contributed by atoms with Crippen molar-refractivity contribution in [2.24, 2.45) is 5.73 Å². The number of halogens is 4. The Hall–Kier alpha value is -4.72. The summed E-state index contributed by atoms with van der Waals surface area (Å²) in [5.41, 5.74) is 3.95. The molecule has 0 bridgehead atoms. The molecule has 44 heavy (non-hydrogen) atoms. The van der Waals surface area contributed by atoms with Crippen molar-refractivity contribution in [3.63, 3.8) is 0 Å². The molecule has 1 saturated heterocycles. The van der Waals surface area contributed by atoms with Crippen LogP contribution in [0.2, 0.25) is 0 Å². The number of anilines is 1. The lowest BCUT2D eigenvalue weighted by atomic mass is 10.0. The SMILES string of the molecule is CCOc1cc(=O)[nH]cc1-c1ccc(CC(=O)Nc2cc(C(=O)NCCN3CCC[C@@H]3C(N)=O)cc(C(F)(F)F)c2)c(F)c1. The van der Waals surface area contributed by atoms with Crippen LogP contribution >= 0.6 is 0 Å². The van der Waals surface area contributed by atoms with Crippen LogP contribution in [0.1, 0.15) is 41.3 Å². The predicted octanol–water partition coefficient (Wildman–Crippen LogP) is 3.46. The third kappa shape index (κ3) is 8.01. The summed E-state index contributed by atoms with van der Waals surface area (Å²) >= 11 is 0. The van der Waals surface area contributed by atoms with E-state index in [2.05, 4.69) is 15.6 Å². The summed E-state index contributed by atoms with van der Waals surface area (Å²) in [6.45, 7) is 2.94. The fourth-order valence-electron chi connectivity index (χ4n) is 5.02. The first-order valence-electron chi connectivity index (χ1n) is 13.8. The number of alkyl halides is 3. The van der Waals surface area contributed by atoms with Crippen LogP contribution in [0.5, 0.6) is 5.75 Å². The molecule has 1 fully saturated rings. The standard InChI is InChI=1S/C30H31F4N5O5/c1-2-44-25-15-26(40)37-16-22(25)17-5-6-18(23(31)12-17)13-27(41)38-21-11-19(10-20(14-21)30(32,33)34)29(43)36-7-9-39-8-3-4-24(39)28(35)42/h5-6,10-12,14-16,24H,2-4,7-9,13H2,1H3,(H2,35,42)(H,36,43)(H,37,40)(H,38,41)/t24-/m1/s1. The quantitative estimate of drug-likeness (QED) is 0.243. The number of amides is 3. The van der Waals surface area contributed by atoms with Gasteiger partial charge in [-0.1, -0.05) is 12.1 Å². The number of nitrogens with zero attached hydrogens (tertiary/aromatic N) is 1. The van der Waals surface area contributed by atoms with Gasteiger partial charge in [-0.2, -0.15) is 13.2 Å². The van der Waals surface area contributed by atoms with Gasteiger partial charge >= 0.3 is 6.18 Å². The Labute approximate surface area is 249 Å². The van der Waals surface area contributed by atoms with Crippen LogP contribution in [0.3, 0.4) is 0 Å². The minimum Gasteiger partial charge on any atom is -0.493 e. The second-order valence-corrected chi connectivity index (χ2v) is 10.2. The Morgan fingerprint density at radius 3 is 2.59 bits per heavy atom. The van der Waals surface area contributed by atoms with Gasteiger partial charge in [0, 0.05) is 42.2 Å². The molecular weight excluding hydrogens is 586 g/mol. The first-order chi connectivity index (χ1) is 20.8. The summed E-state index contributed by atoms with van der Waals surface area (Å²) in [4.78, 5) is 53.0. The van der Waals surface area contributed by atoms with Crippen LogP contribution in [0, 0.1) is 5.82 Å². The Bertz CT molecular complexity index is 1610. The van der Waals surface area contributed by atoms with E-state index < -0.39 is 53.3 Å². The van der Waals surface area contributed by atoms with Crippen LogP contribution in [-0.4, -0.2) is 59.9 Å². The molecule has 14 heteroatoms. The number of hydrogen-bond donors (Lipinski definition) is 4. The number of nitrogens with two attached hydrogens (primary N) is 1. The van der Waals surface area contributed by atoms with E-state index in [0.717, 1.165) is 18.6 Å². The highest BCUT2D eigenvalue weighted by atomic mass is 19.4. The van der Waals surface area contributed by atoms with Crippen molar-refractivity contribution in [3.05, 3.63) is 81.5 Å². The van der Waals surface area contributed by atoms with E-state index in [1.807, 2.05) is 0 Å². The van der Waals surface area contributed by atoms with Crippen LogP contribution in [-0.2, 0) is 22.2 Å². The summed E-state index contributed by atoms with van der Waals surface area (Å²) in [6, 6.07) is 7.23. The number of aromatic amines is 1. The third-order valence-corrected chi connectivity index (χ3v) is 7.08. The summed E-state index contributed by atoms with van der Waals surface area (Å²) in [5.74, 6) is -2.61. The zero-order chi connectivity index (χ0) is 32.0. The number of benzene rings is 2. The molecule has 2 heterocycles. The second kappa shape index (κ2) is 13.7. The summed E-state index contributed by atoms with van der Waals surface area (Å²) < 4.78 is 61.3. The number of aromatic nitrogens is 1. The number of primary amides is 1. The third-order valence-electron chi connectivity index (χ3n) is 7.08. The molecule has 0 spiro atoms. The Morgan fingerprint density at radius 1 is 1.14 bits per heavy atom. The molecule has 1 aliphatic heterocycles. The molecule has 2 aromatic carbocycles. The molecule has 0 aliphatic carbocycles. The van der Waals surface area contributed by atoms with Crippen molar-refractivity contribution >= 4 is 23.4 Å². The maximum atomic E-state index is 15.0. The fraction of sp³-hybridized carbons (Fsp3) is 0.333. The lowest BCUT2D eigenvalue weighted by Gasteiger charge is -2.21. The molecular formula is C30H31F4N5O5. The average Bonchev–Trinajstić information content (AvgIpc) is 3.43. The summed E-state index contributed by atoms with van der Waals surface area (Å²) in [7, 11) is 0. The van der Waals surface area contributed by atoms with Gasteiger partial charge in [-0.05, 0) is 61.7 Å². The zero-order valence-electron chi connectivity index (χ0n) is 23.7. The highest BCUT2D eigenvalue weighted by Gasteiger charge is 2.32. The van der Waals surface area contributed by atoms with Crippen molar-refractivity contribution in [2.75, 3.05) is 31.6 Å². The van der Waals surface area contributed by atoms with Crippen LogP contribution in [0.15, 0.2) is 53.5 Å². The molecule has 10 nitrogen and oxygen atoms in total. The van der Waals surface area contributed by atoms with E-state index in [1.54, 1.807) is 11.8 Å². The molecule has 0 radical (unpaired) electrons. The predicted molar refractivity (Wildman–Crippen MR) is 154 cm³/mol. The van der Waals surface area contributed by atoms with E-state index in [9.17, 15) is 36.7 Å². The first kappa shape index (κ1) is 32.2. The van der Waals surface area contributed by atoms with Crippen molar-refractivity contribution in [2.45, 2.75) is 38.4 Å². The lowest BCUT2D eigenvalue weighted by Crippen LogP contribution is -2.43. The highest BCUT2D eigenvalue weighted by Crippen LogP contribution is 2.33. The van der Waals surface area contributed by atoms with Gasteiger partial charge in [0.2, 0.25) is 11.8 Å². The van der Waals surface area contributed by atoms with Gasteiger partial charge in [0.1, 0.15) is 11.6 Å².